The topological polar surface area (TPSA) is 41.7 Å². The Morgan fingerprint density at radius 1 is 1.31 bits per heavy atom. The molecule has 1 aliphatic rings. The predicted octanol–water partition coefficient (Wildman–Crippen LogP) is 2.16. The zero-order chi connectivity index (χ0) is 11.1. The van der Waals surface area contributed by atoms with Crippen molar-refractivity contribution >= 4 is 10.9 Å². The summed E-state index contributed by atoms with van der Waals surface area (Å²) in [7, 11) is 0. The van der Waals surface area contributed by atoms with Gasteiger partial charge in [-0.2, -0.15) is 0 Å². The van der Waals surface area contributed by atoms with Gasteiger partial charge >= 0.3 is 0 Å². The van der Waals surface area contributed by atoms with Crippen LogP contribution in [0.5, 0.6) is 0 Å². The average Bonchev–Trinajstić information content (AvgIpc) is 2.31. The van der Waals surface area contributed by atoms with Crippen molar-refractivity contribution in [2.24, 2.45) is 0 Å². The number of rotatable bonds is 0. The summed E-state index contributed by atoms with van der Waals surface area (Å²) in [6.45, 7) is 3.01. The maximum atomic E-state index is 8.24. The van der Waals surface area contributed by atoms with Crippen LogP contribution in [0.2, 0.25) is 0 Å². The minimum atomic E-state index is 0.628. The summed E-state index contributed by atoms with van der Waals surface area (Å²) in [5, 5.41) is 9.21. The van der Waals surface area contributed by atoms with Crippen molar-refractivity contribution in [2.75, 3.05) is 0 Å². The Hall–Kier alpha value is -1.64. The first-order valence-electron chi connectivity index (χ1n) is 5.80. The Bertz CT molecular complexity index is 610. The van der Waals surface area contributed by atoms with Gasteiger partial charge in [0.25, 0.3) is 0 Å². The summed E-state index contributed by atoms with van der Waals surface area (Å²) in [5.74, 6) is 1.08. The monoisotopic (exact) mass is 213 g/mol. The maximum Gasteiger partial charge on any atom is 0.135 e. The quantitative estimate of drug-likeness (QED) is 0.716. The number of hydrogen-bond acceptors (Lipinski definition) is 2. The number of aromatic nitrogens is 2. The lowest BCUT2D eigenvalue weighted by molar-refractivity contribution is 0.493. The first-order valence-corrected chi connectivity index (χ1v) is 5.80. The third kappa shape index (κ3) is 1.35. The summed E-state index contributed by atoms with van der Waals surface area (Å²) in [6, 6.07) is 6.15. The van der Waals surface area contributed by atoms with E-state index >= 15 is 0 Å². The minimum absolute atomic E-state index is 0.628. The van der Waals surface area contributed by atoms with Gasteiger partial charge in [-0.15, -0.1) is 0 Å². The number of benzene rings is 1. The van der Waals surface area contributed by atoms with Crippen LogP contribution in [0.15, 0.2) is 18.2 Å². The van der Waals surface area contributed by atoms with Crippen LogP contribution in [0.3, 0.4) is 0 Å². The average molecular weight is 213 g/mol. The fraction of sp³-hybridized carbons (Fsp3) is 0.385. The molecule has 0 saturated carbocycles. The fourth-order valence-corrected chi connectivity index (χ4v) is 2.40. The van der Waals surface area contributed by atoms with E-state index in [9.17, 15) is 0 Å². The van der Waals surface area contributed by atoms with E-state index < -0.39 is 0 Å². The van der Waals surface area contributed by atoms with Crippen LogP contribution in [-0.4, -0.2) is 9.55 Å². The van der Waals surface area contributed by atoms with E-state index in [2.05, 4.69) is 28.6 Å². The largest absolute Gasteiger partial charge is 0.314 e. The highest BCUT2D eigenvalue weighted by atomic mass is 15.1. The predicted molar refractivity (Wildman–Crippen MR) is 63.3 cm³/mol. The SMILES string of the molecule is Cc1ccc2nc3n(c(=N)c2c1)CCCC3. The fourth-order valence-electron chi connectivity index (χ4n) is 2.40. The highest BCUT2D eigenvalue weighted by Crippen LogP contribution is 2.15. The molecule has 0 spiro atoms. The molecule has 1 aromatic carbocycles. The van der Waals surface area contributed by atoms with Crippen LogP contribution >= 0.6 is 0 Å². The van der Waals surface area contributed by atoms with Crippen molar-refractivity contribution in [3.8, 4) is 0 Å². The van der Waals surface area contributed by atoms with Gasteiger partial charge in [-0.05, 0) is 31.9 Å². The summed E-state index contributed by atoms with van der Waals surface area (Å²) in [4.78, 5) is 4.66. The van der Waals surface area contributed by atoms with Crippen molar-refractivity contribution in [3.05, 3.63) is 35.1 Å². The molecule has 0 fully saturated rings. The second-order valence-corrected chi connectivity index (χ2v) is 4.51. The number of fused-ring (bicyclic) bond motifs is 2. The second kappa shape index (κ2) is 3.44. The normalized spacial score (nSPS) is 15.1. The molecule has 3 nitrogen and oxygen atoms in total. The lowest BCUT2D eigenvalue weighted by atomic mass is 10.1. The number of hydrogen-bond donors (Lipinski definition) is 1. The van der Waals surface area contributed by atoms with E-state index in [0.29, 0.717) is 5.49 Å². The van der Waals surface area contributed by atoms with Gasteiger partial charge in [0.05, 0.1) is 5.52 Å². The standard InChI is InChI=1S/C13H15N3/c1-9-5-6-11-10(8-9)13(14)16-7-3-2-4-12(16)15-11/h5-6,8,14H,2-4,7H2,1H3. The van der Waals surface area contributed by atoms with Gasteiger partial charge in [-0.1, -0.05) is 11.6 Å². The number of nitrogens with zero attached hydrogens (tertiary/aromatic N) is 2. The Labute approximate surface area is 94.3 Å². The van der Waals surface area contributed by atoms with Crippen LogP contribution in [0.1, 0.15) is 24.2 Å². The van der Waals surface area contributed by atoms with Crippen LogP contribution < -0.4 is 5.49 Å². The van der Waals surface area contributed by atoms with E-state index in [-0.39, 0.29) is 0 Å². The Morgan fingerprint density at radius 2 is 2.19 bits per heavy atom. The molecule has 3 heteroatoms. The van der Waals surface area contributed by atoms with E-state index in [1.165, 1.54) is 18.4 Å². The summed E-state index contributed by atoms with van der Waals surface area (Å²) in [6.07, 6.45) is 3.38. The van der Waals surface area contributed by atoms with E-state index in [4.69, 9.17) is 5.41 Å². The molecule has 3 rings (SSSR count). The second-order valence-electron chi connectivity index (χ2n) is 4.51. The van der Waals surface area contributed by atoms with E-state index in [1.54, 1.807) is 0 Å². The molecule has 0 radical (unpaired) electrons. The molecule has 0 amide bonds. The Kier molecular flexibility index (Phi) is 2.06. The van der Waals surface area contributed by atoms with Gasteiger partial charge in [-0.3, -0.25) is 5.41 Å². The van der Waals surface area contributed by atoms with Gasteiger partial charge in [0.1, 0.15) is 11.3 Å². The van der Waals surface area contributed by atoms with E-state index in [1.807, 2.05) is 6.07 Å². The molecular formula is C13H15N3. The van der Waals surface area contributed by atoms with Crippen LogP contribution in [0.4, 0.5) is 0 Å². The minimum Gasteiger partial charge on any atom is -0.314 e. The summed E-state index contributed by atoms with van der Waals surface area (Å²) in [5.41, 5.74) is 2.78. The van der Waals surface area contributed by atoms with Crippen molar-refractivity contribution in [1.29, 1.82) is 5.41 Å². The van der Waals surface area contributed by atoms with Gasteiger partial charge in [0, 0.05) is 18.4 Å². The lowest BCUT2D eigenvalue weighted by Crippen LogP contribution is -2.28. The molecule has 0 bridgehead atoms. The molecule has 82 valence electrons. The highest BCUT2D eigenvalue weighted by Gasteiger charge is 2.12. The van der Waals surface area contributed by atoms with Crippen molar-refractivity contribution < 1.29 is 0 Å². The first-order chi connectivity index (χ1) is 7.75. The molecule has 0 saturated heterocycles. The van der Waals surface area contributed by atoms with Gasteiger partial charge in [0.2, 0.25) is 0 Å². The summed E-state index contributed by atoms with van der Waals surface area (Å²) >= 11 is 0. The molecule has 0 atom stereocenters. The zero-order valence-corrected chi connectivity index (χ0v) is 9.45. The van der Waals surface area contributed by atoms with Crippen molar-refractivity contribution in [2.45, 2.75) is 32.7 Å². The molecule has 0 unspecified atom stereocenters. The maximum absolute atomic E-state index is 8.24. The third-order valence-electron chi connectivity index (χ3n) is 3.27. The van der Waals surface area contributed by atoms with Crippen LogP contribution in [-0.2, 0) is 13.0 Å². The highest BCUT2D eigenvalue weighted by molar-refractivity contribution is 5.77. The molecule has 1 aliphatic heterocycles. The first kappa shape index (κ1) is 9.58. The van der Waals surface area contributed by atoms with Crippen molar-refractivity contribution in [3.63, 3.8) is 0 Å². The van der Waals surface area contributed by atoms with Crippen LogP contribution in [0.25, 0.3) is 10.9 Å². The molecule has 1 N–H and O–H groups in total. The van der Waals surface area contributed by atoms with Crippen LogP contribution in [0, 0.1) is 12.3 Å². The Morgan fingerprint density at radius 3 is 3.06 bits per heavy atom. The smallest absolute Gasteiger partial charge is 0.135 e. The van der Waals surface area contributed by atoms with Gasteiger partial charge in [0.15, 0.2) is 0 Å². The Balaban J connectivity index is 2.40. The number of nitrogens with one attached hydrogen (secondary N) is 1. The molecule has 1 aromatic heterocycles. The molecule has 0 aliphatic carbocycles. The molecular weight excluding hydrogens is 198 g/mol. The van der Waals surface area contributed by atoms with Gasteiger partial charge in [-0.25, -0.2) is 4.98 Å². The summed E-state index contributed by atoms with van der Waals surface area (Å²) < 4.78 is 2.06. The van der Waals surface area contributed by atoms with Crippen molar-refractivity contribution in [1.82, 2.24) is 9.55 Å². The zero-order valence-electron chi connectivity index (χ0n) is 9.45. The molecule has 2 aromatic rings. The third-order valence-corrected chi connectivity index (χ3v) is 3.27. The molecule has 16 heavy (non-hydrogen) atoms. The van der Waals surface area contributed by atoms with E-state index in [0.717, 1.165) is 29.7 Å². The molecule has 2 heterocycles. The lowest BCUT2D eigenvalue weighted by Gasteiger charge is -2.19. The van der Waals surface area contributed by atoms with Gasteiger partial charge < -0.3 is 4.57 Å². The number of aryl methyl sites for hydroxylation is 2.